The Labute approximate surface area is 161 Å². The average molecular weight is 393 g/mol. The van der Waals surface area contributed by atoms with Gasteiger partial charge in [0, 0.05) is 39.1 Å². The molecule has 1 fully saturated rings. The number of piperidine rings is 1. The molecule has 0 saturated carbocycles. The summed E-state index contributed by atoms with van der Waals surface area (Å²) >= 11 is 0. The van der Waals surface area contributed by atoms with Gasteiger partial charge in [-0.15, -0.1) is 0 Å². The molecule has 2 heterocycles. The molecule has 0 atom stereocenters. The van der Waals surface area contributed by atoms with E-state index in [1.165, 1.54) is 6.26 Å². The van der Waals surface area contributed by atoms with Gasteiger partial charge < -0.3 is 14.6 Å². The number of furan rings is 1. The second kappa shape index (κ2) is 8.31. The summed E-state index contributed by atoms with van der Waals surface area (Å²) in [6.45, 7) is 2.60. The van der Waals surface area contributed by atoms with Gasteiger partial charge in [0.2, 0.25) is 10.0 Å². The lowest BCUT2D eigenvalue weighted by atomic mass is 9.98. The first kappa shape index (κ1) is 19.7. The van der Waals surface area contributed by atoms with Crippen LogP contribution in [-0.4, -0.2) is 63.6 Å². The molecule has 1 aromatic heterocycles. The van der Waals surface area contributed by atoms with Crippen LogP contribution in [0.15, 0.2) is 39.7 Å². The number of benzene rings is 1. The third-order valence-corrected chi connectivity index (χ3v) is 6.34. The number of hydrogen-bond acceptors (Lipinski definition) is 4. The summed E-state index contributed by atoms with van der Waals surface area (Å²) in [5, 5.41) is 4.51. The highest BCUT2D eigenvalue weighted by Gasteiger charge is 2.25. The van der Waals surface area contributed by atoms with Crippen molar-refractivity contribution in [3.8, 4) is 0 Å². The second-order valence-electron chi connectivity index (χ2n) is 7.14. The molecule has 0 radical (unpaired) electrons. The summed E-state index contributed by atoms with van der Waals surface area (Å²) < 4.78 is 30.7. The van der Waals surface area contributed by atoms with E-state index in [9.17, 15) is 8.42 Å². The summed E-state index contributed by atoms with van der Waals surface area (Å²) in [4.78, 5) is 6.39. The lowest BCUT2D eigenvalue weighted by Crippen LogP contribution is -2.44. The quantitative estimate of drug-likeness (QED) is 0.623. The molecule has 8 heteroatoms. The second-order valence-corrected chi connectivity index (χ2v) is 9.12. The van der Waals surface area contributed by atoms with E-state index in [-0.39, 0.29) is 0 Å². The first-order chi connectivity index (χ1) is 12.9. The van der Waals surface area contributed by atoms with Crippen molar-refractivity contribution in [1.82, 2.24) is 14.5 Å². The summed E-state index contributed by atoms with van der Waals surface area (Å²) in [6.07, 6.45) is 3.01. The molecule has 0 bridgehead atoms. The van der Waals surface area contributed by atoms with Gasteiger partial charge in [-0.3, -0.25) is 4.99 Å². The van der Waals surface area contributed by atoms with Crippen LogP contribution in [-0.2, 0) is 16.6 Å². The van der Waals surface area contributed by atoms with Crippen molar-refractivity contribution in [2.45, 2.75) is 19.4 Å². The standard InChI is InChI=1S/C19H28N4O3S/c1-20-19(21-13-15-8-10-23(11-9-15)27(3,24)25)22(2)14-17-12-16-6-4-5-7-18(16)26-17/h4-7,12,15H,8-11,13-14H2,1-3H3,(H,20,21). The molecule has 2 aromatic rings. The molecule has 1 aromatic carbocycles. The fourth-order valence-corrected chi connectivity index (χ4v) is 4.36. The number of aliphatic imine (C=N–C) groups is 1. The lowest BCUT2D eigenvalue weighted by Gasteiger charge is -2.31. The third-order valence-electron chi connectivity index (χ3n) is 5.03. The largest absolute Gasteiger partial charge is 0.459 e. The van der Waals surface area contributed by atoms with Crippen LogP contribution in [0.25, 0.3) is 11.0 Å². The van der Waals surface area contributed by atoms with Gasteiger partial charge in [0.1, 0.15) is 11.3 Å². The Morgan fingerprint density at radius 3 is 2.67 bits per heavy atom. The number of rotatable bonds is 5. The van der Waals surface area contributed by atoms with Crippen LogP contribution in [0.1, 0.15) is 18.6 Å². The monoisotopic (exact) mass is 392 g/mol. The summed E-state index contributed by atoms with van der Waals surface area (Å²) in [6, 6.07) is 10.0. The average Bonchev–Trinajstić information content (AvgIpc) is 3.04. The number of hydrogen-bond donors (Lipinski definition) is 1. The molecule has 0 aliphatic carbocycles. The Morgan fingerprint density at radius 1 is 1.33 bits per heavy atom. The molecule has 1 aliphatic rings. The molecule has 27 heavy (non-hydrogen) atoms. The highest BCUT2D eigenvalue weighted by molar-refractivity contribution is 7.88. The third kappa shape index (κ3) is 5.01. The zero-order valence-electron chi connectivity index (χ0n) is 16.2. The maximum Gasteiger partial charge on any atom is 0.211 e. The van der Waals surface area contributed by atoms with Crippen molar-refractivity contribution in [3.63, 3.8) is 0 Å². The zero-order valence-corrected chi connectivity index (χ0v) is 17.0. The zero-order chi connectivity index (χ0) is 19.4. The van der Waals surface area contributed by atoms with Gasteiger partial charge in [0.25, 0.3) is 0 Å². The van der Waals surface area contributed by atoms with E-state index in [4.69, 9.17) is 4.42 Å². The normalized spacial score (nSPS) is 17.4. The van der Waals surface area contributed by atoms with Crippen LogP contribution < -0.4 is 5.32 Å². The lowest BCUT2D eigenvalue weighted by molar-refractivity contribution is 0.273. The fourth-order valence-electron chi connectivity index (χ4n) is 3.49. The molecule has 0 spiro atoms. The van der Waals surface area contributed by atoms with Gasteiger partial charge >= 0.3 is 0 Å². The van der Waals surface area contributed by atoms with E-state index in [1.807, 2.05) is 36.2 Å². The van der Waals surface area contributed by atoms with Crippen molar-refractivity contribution < 1.29 is 12.8 Å². The van der Waals surface area contributed by atoms with E-state index in [1.54, 1.807) is 11.4 Å². The predicted octanol–water partition coefficient (Wildman–Crippen LogP) is 2.11. The first-order valence-electron chi connectivity index (χ1n) is 9.21. The predicted molar refractivity (Wildman–Crippen MR) is 108 cm³/mol. The molecule has 7 nitrogen and oxygen atoms in total. The van der Waals surface area contributed by atoms with Crippen LogP contribution in [0.5, 0.6) is 0 Å². The molecular formula is C19H28N4O3S. The molecule has 3 rings (SSSR count). The highest BCUT2D eigenvalue weighted by Crippen LogP contribution is 2.20. The summed E-state index contributed by atoms with van der Waals surface area (Å²) in [5.41, 5.74) is 0.890. The molecule has 1 saturated heterocycles. The van der Waals surface area contributed by atoms with Crippen LogP contribution in [0.2, 0.25) is 0 Å². The molecule has 1 aliphatic heterocycles. The van der Waals surface area contributed by atoms with Crippen LogP contribution in [0, 0.1) is 5.92 Å². The van der Waals surface area contributed by atoms with E-state index >= 15 is 0 Å². The van der Waals surface area contributed by atoms with Crippen molar-refractivity contribution in [3.05, 3.63) is 36.1 Å². The van der Waals surface area contributed by atoms with E-state index < -0.39 is 10.0 Å². The van der Waals surface area contributed by atoms with E-state index in [0.29, 0.717) is 25.6 Å². The SMILES string of the molecule is CN=C(NCC1CCN(S(C)(=O)=O)CC1)N(C)Cc1cc2ccccc2o1. The van der Waals surface area contributed by atoms with Crippen molar-refractivity contribution >= 4 is 27.0 Å². The van der Waals surface area contributed by atoms with Crippen LogP contribution in [0.4, 0.5) is 0 Å². The van der Waals surface area contributed by atoms with Gasteiger partial charge in [-0.25, -0.2) is 12.7 Å². The Balaban J connectivity index is 1.51. The number of nitrogens with zero attached hydrogens (tertiary/aromatic N) is 3. The maximum atomic E-state index is 11.6. The number of nitrogens with one attached hydrogen (secondary N) is 1. The minimum atomic E-state index is -3.07. The fraction of sp³-hybridized carbons (Fsp3) is 0.526. The number of guanidine groups is 1. The molecule has 0 amide bonds. The Kier molecular flexibility index (Phi) is 6.06. The summed E-state index contributed by atoms with van der Waals surface area (Å²) in [5.74, 6) is 2.14. The number of fused-ring (bicyclic) bond motifs is 1. The summed E-state index contributed by atoms with van der Waals surface area (Å²) in [7, 11) is 0.675. The molecular weight excluding hydrogens is 364 g/mol. The van der Waals surface area contributed by atoms with Crippen molar-refractivity contribution in [2.75, 3.05) is 40.0 Å². The Morgan fingerprint density at radius 2 is 2.04 bits per heavy atom. The highest BCUT2D eigenvalue weighted by atomic mass is 32.2. The number of para-hydroxylation sites is 1. The van der Waals surface area contributed by atoms with Gasteiger partial charge in [-0.1, -0.05) is 18.2 Å². The van der Waals surface area contributed by atoms with E-state index in [2.05, 4.69) is 16.4 Å². The van der Waals surface area contributed by atoms with Crippen LogP contribution >= 0.6 is 0 Å². The van der Waals surface area contributed by atoms with Crippen LogP contribution in [0.3, 0.4) is 0 Å². The van der Waals surface area contributed by atoms with Gasteiger partial charge in [0.15, 0.2) is 5.96 Å². The maximum absolute atomic E-state index is 11.6. The Hall–Kier alpha value is -2.06. The Bertz CT molecular complexity index is 866. The molecule has 0 unspecified atom stereocenters. The van der Waals surface area contributed by atoms with Gasteiger partial charge in [-0.05, 0) is 30.9 Å². The minimum absolute atomic E-state index is 0.444. The smallest absolute Gasteiger partial charge is 0.211 e. The molecule has 1 N–H and O–H groups in total. The van der Waals surface area contributed by atoms with Gasteiger partial charge in [-0.2, -0.15) is 0 Å². The topological polar surface area (TPSA) is 78.2 Å². The number of sulfonamides is 1. The van der Waals surface area contributed by atoms with Crippen molar-refractivity contribution in [1.29, 1.82) is 0 Å². The minimum Gasteiger partial charge on any atom is -0.459 e. The first-order valence-corrected chi connectivity index (χ1v) is 11.1. The van der Waals surface area contributed by atoms with E-state index in [0.717, 1.165) is 42.1 Å². The molecule has 148 valence electrons. The van der Waals surface area contributed by atoms with Crippen molar-refractivity contribution in [2.24, 2.45) is 10.9 Å². The van der Waals surface area contributed by atoms with Gasteiger partial charge in [0.05, 0.1) is 12.8 Å².